The molecule has 7 nitrogen and oxygen atoms in total. The molecule has 2 saturated heterocycles. The number of hydrogen-bond acceptors (Lipinski definition) is 4. The molecule has 0 aliphatic carbocycles. The lowest BCUT2D eigenvalue weighted by molar-refractivity contribution is 0.0697. The molecular weight excluding hydrogens is 390 g/mol. The number of carbonyl (C=O) groups excluding carboxylic acids is 2. The van der Waals surface area contributed by atoms with Gasteiger partial charge in [0.1, 0.15) is 5.69 Å². The lowest BCUT2D eigenvalue weighted by Gasteiger charge is -2.32. The zero-order chi connectivity index (χ0) is 19.3. The van der Waals surface area contributed by atoms with Crippen LogP contribution in [0.15, 0.2) is 42.6 Å². The van der Waals surface area contributed by atoms with Crippen molar-refractivity contribution in [1.82, 2.24) is 25.3 Å². The first-order valence-corrected chi connectivity index (χ1v) is 10.1. The molecule has 0 spiro atoms. The molecule has 1 aromatic carbocycles. The quantitative estimate of drug-likeness (QED) is 0.799. The molecule has 0 saturated carbocycles. The number of amides is 2. The maximum Gasteiger partial charge on any atom is 0.271 e. The van der Waals surface area contributed by atoms with Crippen LogP contribution in [0.25, 0.3) is 0 Å². The number of nitrogens with one attached hydrogen (secondary N) is 2. The Morgan fingerprint density at radius 3 is 2.52 bits per heavy atom. The zero-order valence-electron chi connectivity index (χ0n) is 16.4. The molecule has 156 valence electrons. The van der Waals surface area contributed by atoms with E-state index < -0.39 is 0 Å². The van der Waals surface area contributed by atoms with Crippen molar-refractivity contribution in [2.45, 2.75) is 37.8 Å². The van der Waals surface area contributed by atoms with Crippen LogP contribution in [0.3, 0.4) is 0 Å². The topological polar surface area (TPSA) is 79.3 Å². The molecule has 2 fully saturated rings. The minimum absolute atomic E-state index is 0. The SMILES string of the molecule is Cl.O=C(NC1CCN(C(=O)c2ccccc2)CC1)c1ccn(C2CCCNC2)n1. The van der Waals surface area contributed by atoms with Gasteiger partial charge in [0.25, 0.3) is 11.8 Å². The Labute approximate surface area is 177 Å². The summed E-state index contributed by atoms with van der Waals surface area (Å²) in [7, 11) is 0. The Balaban J connectivity index is 0.00000240. The summed E-state index contributed by atoms with van der Waals surface area (Å²) in [6.07, 6.45) is 5.64. The Morgan fingerprint density at radius 2 is 1.83 bits per heavy atom. The van der Waals surface area contributed by atoms with Crippen molar-refractivity contribution in [3.8, 4) is 0 Å². The highest BCUT2D eigenvalue weighted by Gasteiger charge is 2.25. The summed E-state index contributed by atoms with van der Waals surface area (Å²) in [5, 5.41) is 10.9. The van der Waals surface area contributed by atoms with Crippen LogP contribution in [0, 0.1) is 0 Å². The summed E-state index contributed by atoms with van der Waals surface area (Å²) in [6.45, 7) is 3.26. The van der Waals surface area contributed by atoms with Crippen LogP contribution in [-0.2, 0) is 0 Å². The number of hydrogen-bond donors (Lipinski definition) is 2. The lowest BCUT2D eigenvalue weighted by Crippen LogP contribution is -2.46. The van der Waals surface area contributed by atoms with Crippen molar-refractivity contribution in [3.05, 3.63) is 53.9 Å². The summed E-state index contributed by atoms with van der Waals surface area (Å²) < 4.78 is 1.90. The molecule has 0 bridgehead atoms. The van der Waals surface area contributed by atoms with E-state index in [-0.39, 0.29) is 30.3 Å². The zero-order valence-corrected chi connectivity index (χ0v) is 17.2. The van der Waals surface area contributed by atoms with Crippen LogP contribution in [0.2, 0.25) is 0 Å². The van der Waals surface area contributed by atoms with Crippen LogP contribution < -0.4 is 10.6 Å². The van der Waals surface area contributed by atoms with E-state index in [1.54, 1.807) is 6.07 Å². The molecule has 2 aromatic rings. The molecule has 29 heavy (non-hydrogen) atoms. The number of nitrogens with zero attached hydrogens (tertiary/aromatic N) is 3. The summed E-state index contributed by atoms with van der Waals surface area (Å²) in [5.74, 6) is -0.0689. The highest BCUT2D eigenvalue weighted by Crippen LogP contribution is 2.17. The van der Waals surface area contributed by atoms with Crippen LogP contribution in [-0.4, -0.2) is 58.7 Å². The normalized spacial score (nSPS) is 20.0. The van der Waals surface area contributed by atoms with E-state index >= 15 is 0 Å². The Morgan fingerprint density at radius 1 is 1.07 bits per heavy atom. The van der Waals surface area contributed by atoms with E-state index in [9.17, 15) is 9.59 Å². The first-order chi connectivity index (χ1) is 13.7. The third-order valence-electron chi connectivity index (χ3n) is 5.62. The van der Waals surface area contributed by atoms with Crippen LogP contribution >= 0.6 is 12.4 Å². The third kappa shape index (κ3) is 5.16. The van der Waals surface area contributed by atoms with E-state index in [4.69, 9.17) is 0 Å². The van der Waals surface area contributed by atoms with Crippen molar-refractivity contribution >= 4 is 24.2 Å². The number of piperidine rings is 2. The Bertz CT molecular complexity index is 811. The average Bonchev–Trinajstić information content (AvgIpc) is 3.26. The first-order valence-electron chi connectivity index (χ1n) is 10.1. The second-order valence-electron chi connectivity index (χ2n) is 7.59. The van der Waals surface area contributed by atoms with Gasteiger partial charge in [0.05, 0.1) is 6.04 Å². The molecule has 4 rings (SSSR count). The molecule has 3 heterocycles. The molecule has 2 amide bonds. The van der Waals surface area contributed by atoms with Crippen molar-refractivity contribution in [2.75, 3.05) is 26.2 Å². The maximum atomic E-state index is 12.6. The fraction of sp³-hybridized carbons (Fsp3) is 0.476. The predicted octanol–water partition coefficient (Wildman–Crippen LogP) is 2.26. The minimum Gasteiger partial charge on any atom is -0.348 e. The van der Waals surface area contributed by atoms with E-state index in [0.717, 1.165) is 38.8 Å². The van der Waals surface area contributed by atoms with Crippen molar-refractivity contribution in [3.63, 3.8) is 0 Å². The van der Waals surface area contributed by atoms with Crippen molar-refractivity contribution < 1.29 is 9.59 Å². The summed E-state index contributed by atoms with van der Waals surface area (Å²) in [6, 6.07) is 11.5. The highest BCUT2D eigenvalue weighted by atomic mass is 35.5. The van der Waals surface area contributed by atoms with Gasteiger partial charge in [-0.2, -0.15) is 5.10 Å². The highest BCUT2D eigenvalue weighted by molar-refractivity contribution is 5.94. The van der Waals surface area contributed by atoms with Gasteiger partial charge in [-0.1, -0.05) is 18.2 Å². The van der Waals surface area contributed by atoms with Gasteiger partial charge in [-0.15, -0.1) is 12.4 Å². The monoisotopic (exact) mass is 417 g/mol. The van der Waals surface area contributed by atoms with Gasteiger partial charge >= 0.3 is 0 Å². The minimum atomic E-state index is -0.129. The number of halogens is 1. The number of carbonyl (C=O) groups is 2. The summed E-state index contributed by atoms with van der Waals surface area (Å²) in [5.41, 5.74) is 1.18. The van der Waals surface area contributed by atoms with E-state index in [2.05, 4.69) is 15.7 Å². The standard InChI is InChI=1S/C21H27N5O2.ClH/c27-20(19-10-14-26(24-19)18-7-4-11-22-15-18)23-17-8-12-25(13-9-17)21(28)16-5-2-1-3-6-16;/h1-3,5-6,10,14,17-18,22H,4,7-9,11-13,15H2,(H,23,27);1H. The number of likely N-dealkylation sites (tertiary alicyclic amines) is 1. The van der Waals surface area contributed by atoms with E-state index in [1.165, 1.54) is 0 Å². The van der Waals surface area contributed by atoms with Gasteiger partial charge in [0.15, 0.2) is 0 Å². The van der Waals surface area contributed by atoms with Gasteiger partial charge in [-0.3, -0.25) is 14.3 Å². The van der Waals surface area contributed by atoms with Crippen molar-refractivity contribution in [1.29, 1.82) is 0 Å². The van der Waals surface area contributed by atoms with Crippen molar-refractivity contribution in [2.24, 2.45) is 0 Å². The molecule has 8 heteroatoms. The molecule has 1 atom stereocenters. The first kappa shape index (κ1) is 21.3. The third-order valence-corrected chi connectivity index (χ3v) is 5.62. The average molecular weight is 418 g/mol. The molecule has 1 unspecified atom stereocenters. The molecule has 1 aromatic heterocycles. The largest absolute Gasteiger partial charge is 0.348 e. The van der Waals surface area contributed by atoms with Crippen LogP contribution in [0.5, 0.6) is 0 Å². The predicted molar refractivity (Wildman–Crippen MR) is 113 cm³/mol. The molecule has 2 N–H and O–H groups in total. The van der Waals surface area contributed by atoms with Gasteiger partial charge in [-0.05, 0) is 50.4 Å². The van der Waals surface area contributed by atoms with Crippen LogP contribution in [0.4, 0.5) is 0 Å². The fourth-order valence-electron chi connectivity index (χ4n) is 3.97. The molecular formula is C21H28ClN5O2. The lowest BCUT2D eigenvalue weighted by atomic mass is 10.0. The van der Waals surface area contributed by atoms with E-state index in [1.807, 2.05) is 46.1 Å². The second kappa shape index (κ2) is 9.89. The molecule has 2 aliphatic rings. The maximum absolute atomic E-state index is 12.6. The van der Waals surface area contributed by atoms with Gasteiger partial charge in [0, 0.05) is 37.4 Å². The number of benzene rings is 1. The molecule has 2 aliphatic heterocycles. The van der Waals surface area contributed by atoms with Gasteiger partial charge in [-0.25, -0.2) is 0 Å². The summed E-state index contributed by atoms with van der Waals surface area (Å²) in [4.78, 5) is 27.0. The van der Waals surface area contributed by atoms with Gasteiger partial charge in [0.2, 0.25) is 0 Å². The number of aromatic nitrogens is 2. The summed E-state index contributed by atoms with van der Waals surface area (Å²) >= 11 is 0. The Kier molecular flexibility index (Phi) is 7.28. The fourth-order valence-corrected chi connectivity index (χ4v) is 3.97. The number of rotatable bonds is 4. The smallest absolute Gasteiger partial charge is 0.271 e. The van der Waals surface area contributed by atoms with Gasteiger partial charge < -0.3 is 15.5 Å². The van der Waals surface area contributed by atoms with Crippen LogP contribution in [0.1, 0.15) is 52.6 Å². The molecule has 0 radical (unpaired) electrons. The van der Waals surface area contributed by atoms with E-state index in [0.29, 0.717) is 30.4 Å². The Hall–Kier alpha value is -2.38. The second-order valence-corrected chi connectivity index (χ2v) is 7.59.